The van der Waals surface area contributed by atoms with Gasteiger partial charge in [0.1, 0.15) is 10.6 Å². The highest BCUT2D eigenvalue weighted by Gasteiger charge is 2.15. The summed E-state index contributed by atoms with van der Waals surface area (Å²) in [4.78, 5) is 0.0539. The van der Waals surface area contributed by atoms with Gasteiger partial charge in [0.05, 0.1) is 6.61 Å². The Hall–Kier alpha value is -0.740. The molecule has 5 heteroatoms. The van der Waals surface area contributed by atoms with Crippen molar-refractivity contribution in [3.63, 3.8) is 0 Å². The molecular weight excluding hydrogens is 404 g/mol. The Kier molecular flexibility index (Phi) is 15.4. The number of para-hydroxylation sites is 1. The van der Waals surface area contributed by atoms with Crippen LogP contribution in [0.3, 0.4) is 0 Å². The molecule has 0 aliphatic heterocycles. The lowest BCUT2D eigenvalue weighted by atomic mass is 10.0. The summed E-state index contributed by atoms with van der Waals surface area (Å²) >= 11 is 0. The number of halogens is 1. The smallest absolute Gasteiger partial charge is 0.264 e. The number of hydrogen-bond donors (Lipinski definition) is 0. The molecule has 0 radical (unpaired) electrons. The topological polar surface area (TPSA) is 43.4 Å². The number of hydrogen-bond acceptors (Lipinski definition) is 3. The van der Waals surface area contributed by atoms with Crippen LogP contribution >= 0.6 is 10.7 Å². The highest BCUT2D eigenvalue weighted by molar-refractivity contribution is 8.13. The summed E-state index contributed by atoms with van der Waals surface area (Å²) in [6.45, 7) is 2.80. The van der Waals surface area contributed by atoms with Crippen molar-refractivity contribution in [3.8, 4) is 5.75 Å². The van der Waals surface area contributed by atoms with Crippen molar-refractivity contribution >= 4 is 19.7 Å². The van der Waals surface area contributed by atoms with E-state index in [1.807, 2.05) is 0 Å². The number of unbranched alkanes of at least 4 members (excludes halogenated alkanes) is 15. The lowest BCUT2D eigenvalue weighted by molar-refractivity contribution is 0.297. The summed E-state index contributed by atoms with van der Waals surface area (Å²) in [5.41, 5.74) is 0. The van der Waals surface area contributed by atoms with Crippen LogP contribution in [0.15, 0.2) is 29.2 Å². The fourth-order valence-electron chi connectivity index (χ4n) is 3.60. The van der Waals surface area contributed by atoms with Crippen LogP contribution < -0.4 is 4.74 Å². The summed E-state index contributed by atoms with van der Waals surface area (Å²) in [6, 6.07) is 6.54. The average molecular weight is 445 g/mol. The molecule has 0 N–H and O–H groups in total. The normalized spacial score (nSPS) is 11.7. The first-order chi connectivity index (χ1) is 14.1. The molecule has 29 heavy (non-hydrogen) atoms. The van der Waals surface area contributed by atoms with E-state index < -0.39 is 9.05 Å². The largest absolute Gasteiger partial charge is 0.492 e. The molecule has 1 aromatic carbocycles. The Balaban J connectivity index is 1.89. The van der Waals surface area contributed by atoms with Crippen molar-refractivity contribution in [1.82, 2.24) is 0 Å². The van der Waals surface area contributed by atoms with Crippen LogP contribution in [0.2, 0.25) is 0 Å². The maximum Gasteiger partial charge on any atom is 0.264 e. The zero-order valence-electron chi connectivity index (χ0n) is 18.3. The van der Waals surface area contributed by atoms with Crippen LogP contribution in [-0.2, 0) is 9.05 Å². The maximum absolute atomic E-state index is 11.5. The number of rotatable bonds is 19. The van der Waals surface area contributed by atoms with Crippen molar-refractivity contribution < 1.29 is 13.2 Å². The van der Waals surface area contributed by atoms with Crippen LogP contribution in [0.25, 0.3) is 0 Å². The van der Waals surface area contributed by atoms with E-state index in [-0.39, 0.29) is 4.90 Å². The van der Waals surface area contributed by atoms with Gasteiger partial charge < -0.3 is 4.74 Å². The average Bonchev–Trinajstić information content (AvgIpc) is 2.70. The van der Waals surface area contributed by atoms with Crippen LogP contribution in [-0.4, -0.2) is 15.0 Å². The van der Waals surface area contributed by atoms with E-state index in [1.54, 1.807) is 18.2 Å². The van der Waals surface area contributed by atoms with Crippen LogP contribution in [0.4, 0.5) is 0 Å². The number of ether oxygens (including phenoxy) is 1. The van der Waals surface area contributed by atoms with E-state index in [0.717, 1.165) is 12.8 Å². The molecule has 0 atom stereocenters. The minimum absolute atomic E-state index is 0.0539. The molecule has 0 fully saturated rings. The van der Waals surface area contributed by atoms with Gasteiger partial charge in [-0.1, -0.05) is 115 Å². The summed E-state index contributed by atoms with van der Waals surface area (Å²) in [5.74, 6) is 0.350. The Labute approximate surface area is 184 Å². The second-order valence-electron chi connectivity index (χ2n) is 8.04. The predicted molar refractivity (Wildman–Crippen MR) is 125 cm³/mol. The standard InChI is InChI=1S/C24H41ClO3S/c1-2-3-4-5-6-7-8-9-10-11-12-13-14-15-16-19-22-28-23-20-17-18-21-24(23)29(25,26)27/h17-18,20-21H,2-16,19,22H2,1H3. The Bertz CT molecular complexity index is 616. The highest BCUT2D eigenvalue weighted by atomic mass is 35.7. The SMILES string of the molecule is CCCCCCCCCCCCCCCCCCOc1ccccc1S(=O)(=O)Cl. The fourth-order valence-corrected chi connectivity index (χ4v) is 4.59. The molecule has 0 aromatic heterocycles. The third-order valence-corrected chi connectivity index (χ3v) is 6.73. The molecule has 0 heterocycles. The zero-order chi connectivity index (χ0) is 21.2. The molecule has 1 aromatic rings. The fraction of sp³-hybridized carbons (Fsp3) is 0.750. The van der Waals surface area contributed by atoms with Crippen LogP contribution in [0.1, 0.15) is 110 Å². The van der Waals surface area contributed by atoms with Gasteiger partial charge >= 0.3 is 0 Å². The van der Waals surface area contributed by atoms with E-state index in [0.29, 0.717) is 12.4 Å². The van der Waals surface area contributed by atoms with Crippen molar-refractivity contribution in [1.29, 1.82) is 0 Å². The third-order valence-electron chi connectivity index (χ3n) is 5.37. The molecule has 0 saturated heterocycles. The van der Waals surface area contributed by atoms with Crippen molar-refractivity contribution in [2.45, 2.75) is 115 Å². The third kappa shape index (κ3) is 14.0. The van der Waals surface area contributed by atoms with Gasteiger partial charge in [-0.05, 0) is 18.6 Å². The van der Waals surface area contributed by atoms with Gasteiger partial charge in [-0.25, -0.2) is 8.42 Å². The Morgan fingerprint density at radius 3 is 1.55 bits per heavy atom. The second-order valence-corrected chi connectivity index (χ2v) is 10.6. The van der Waals surface area contributed by atoms with Gasteiger partial charge in [0.15, 0.2) is 0 Å². The summed E-state index contributed by atoms with van der Waals surface area (Å²) in [6.07, 6.45) is 21.3. The first-order valence-corrected chi connectivity index (χ1v) is 14.0. The Morgan fingerprint density at radius 1 is 0.690 bits per heavy atom. The minimum Gasteiger partial charge on any atom is -0.492 e. The first kappa shape index (κ1) is 26.3. The molecule has 1 rings (SSSR count). The van der Waals surface area contributed by atoms with Crippen molar-refractivity contribution in [2.24, 2.45) is 0 Å². The van der Waals surface area contributed by atoms with Gasteiger partial charge in [-0.3, -0.25) is 0 Å². The van der Waals surface area contributed by atoms with Gasteiger partial charge in [0.25, 0.3) is 9.05 Å². The van der Waals surface area contributed by atoms with Crippen LogP contribution in [0, 0.1) is 0 Å². The van der Waals surface area contributed by atoms with Gasteiger partial charge in [-0.2, -0.15) is 0 Å². The van der Waals surface area contributed by atoms with Gasteiger partial charge in [-0.15, -0.1) is 0 Å². The summed E-state index contributed by atoms with van der Waals surface area (Å²) in [5, 5.41) is 0. The molecular formula is C24H41ClO3S. The highest BCUT2D eigenvalue weighted by Crippen LogP contribution is 2.26. The van der Waals surface area contributed by atoms with E-state index in [2.05, 4.69) is 6.92 Å². The van der Waals surface area contributed by atoms with Crippen LogP contribution in [0.5, 0.6) is 5.75 Å². The molecule has 168 valence electrons. The maximum atomic E-state index is 11.5. The lowest BCUT2D eigenvalue weighted by Gasteiger charge is -2.09. The molecule has 0 aliphatic carbocycles. The monoisotopic (exact) mass is 444 g/mol. The van der Waals surface area contributed by atoms with Crippen molar-refractivity contribution in [2.75, 3.05) is 6.61 Å². The van der Waals surface area contributed by atoms with Gasteiger partial charge in [0, 0.05) is 10.7 Å². The summed E-state index contributed by atoms with van der Waals surface area (Å²) < 4.78 is 28.7. The quantitative estimate of drug-likeness (QED) is 0.159. The predicted octanol–water partition coefficient (Wildman–Crippen LogP) is 8.25. The molecule has 0 aliphatic rings. The van der Waals surface area contributed by atoms with E-state index in [4.69, 9.17) is 15.4 Å². The van der Waals surface area contributed by atoms with E-state index >= 15 is 0 Å². The molecule has 0 amide bonds. The first-order valence-electron chi connectivity index (χ1n) is 11.7. The minimum atomic E-state index is -3.76. The molecule has 0 saturated carbocycles. The second kappa shape index (κ2) is 17.0. The van der Waals surface area contributed by atoms with Crippen molar-refractivity contribution in [3.05, 3.63) is 24.3 Å². The molecule has 3 nitrogen and oxygen atoms in total. The van der Waals surface area contributed by atoms with E-state index in [1.165, 1.54) is 96.0 Å². The zero-order valence-corrected chi connectivity index (χ0v) is 19.9. The number of benzene rings is 1. The van der Waals surface area contributed by atoms with Gasteiger partial charge in [0.2, 0.25) is 0 Å². The Morgan fingerprint density at radius 2 is 1.10 bits per heavy atom. The molecule has 0 bridgehead atoms. The summed E-state index contributed by atoms with van der Waals surface area (Å²) in [7, 11) is 1.68. The molecule has 0 unspecified atom stereocenters. The van der Waals surface area contributed by atoms with E-state index in [9.17, 15) is 8.42 Å². The lowest BCUT2D eigenvalue weighted by Crippen LogP contribution is -2.02. The molecule has 0 spiro atoms.